The highest BCUT2D eigenvalue weighted by molar-refractivity contribution is 6.35. The Balaban J connectivity index is 0.000001000. The number of nitrogen functional groups attached to an aromatic ring is 1. The van der Waals surface area contributed by atoms with Crippen molar-refractivity contribution in [2.45, 2.75) is 0 Å². The minimum absolute atomic E-state index is 0. The maximum Gasteiger partial charge on any atom is 0.355 e. The van der Waals surface area contributed by atoms with Crippen LogP contribution >= 0.6 is 24.0 Å². The predicted octanol–water partition coefficient (Wildman–Crippen LogP) is 0.765. The topological polar surface area (TPSA) is 92.0 Å². The molecule has 1 aromatic rings. The fourth-order valence-corrected chi connectivity index (χ4v) is 0.649. The SMILES string of the molecule is Cl.Nc1n[nH]c(C(=O)O)c1Cl. The number of carboxylic acids is 1. The van der Waals surface area contributed by atoms with E-state index in [2.05, 4.69) is 10.2 Å². The van der Waals surface area contributed by atoms with Gasteiger partial charge in [-0.3, -0.25) is 5.10 Å². The van der Waals surface area contributed by atoms with Crippen molar-refractivity contribution in [1.29, 1.82) is 0 Å². The zero-order valence-corrected chi connectivity index (χ0v) is 6.74. The number of hydrogen-bond acceptors (Lipinski definition) is 3. The van der Waals surface area contributed by atoms with E-state index in [1.54, 1.807) is 0 Å². The number of hydrogen-bond donors (Lipinski definition) is 3. The normalized spacial score (nSPS) is 8.82. The predicted molar refractivity (Wildman–Crippen MR) is 42.2 cm³/mol. The molecule has 0 saturated carbocycles. The Morgan fingerprint density at radius 2 is 2.27 bits per heavy atom. The molecule has 0 fully saturated rings. The summed E-state index contributed by atoms with van der Waals surface area (Å²) in [5.41, 5.74) is 4.96. The lowest BCUT2D eigenvalue weighted by atomic mass is 10.4. The summed E-state index contributed by atoms with van der Waals surface area (Å²) in [7, 11) is 0. The van der Waals surface area contributed by atoms with Crippen molar-refractivity contribution >= 4 is 35.8 Å². The second-order valence-electron chi connectivity index (χ2n) is 1.60. The van der Waals surface area contributed by atoms with Gasteiger partial charge in [-0.2, -0.15) is 5.10 Å². The Hall–Kier alpha value is -0.940. The second kappa shape index (κ2) is 3.45. The van der Waals surface area contributed by atoms with Gasteiger partial charge in [-0.15, -0.1) is 12.4 Å². The highest BCUT2D eigenvalue weighted by Crippen LogP contribution is 2.19. The van der Waals surface area contributed by atoms with Crippen molar-refractivity contribution in [1.82, 2.24) is 10.2 Å². The monoisotopic (exact) mass is 197 g/mol. The number of halogens is 2. The number of rotatable bonds is 1. The Kier molecular flexibility index (Phi) is 3.16. The summed E-state index contributed by atoms with van der Waals surface area (Å²) in [5, 5.41) is 13.9. The molecule has 0 amide bonds. The van der Waals surface area contributed by atoms with Gasteiger partial charge in [0, 0.05) is 0 Å². The summed E-state index contributed by atoms with van der Waals surface area (Å²) >= 11 is 5.40. The van der Waals surface area contributed by atoms with Crippen LogP contribution in [0, 0.1) is 0 Å². The number of H-pyrrole nitrogens is 1. The van der Waals surface area contributed by atoms with Crippen molar-refractivity contribution in [3.63, 3.8) is 0 Å². The third-order valence-corrected chi connectivity index (χ3v) is 1.33. The van der Waals surface area contributed by atoms with E-state index in [0.717, 1.165) is 0 Å². The van der Waals surface area contributed by atoms with Crippen LogP contribution in [0.2, 0.25) is 5.02 Å². The van der Waals surface area contributed by atoms with Crippen LogP contribution in [0.25, 0.3) is 0 Å². The molecule has 0 aliphatic carbocycles. The van der Waals surface area contributed by atoms with E-state index >= 15 is 0 Å². The van der Waals surface area contributed by atoms with Crippen LogP contribution in [0.15, 0.2) is 0 Å². The molecule has 1 aromatic heterocycles. The highest BCUT2D eigenvalue weighted by atomic mass is 35.5. The average molecular weight is 198 g/mol. The number of nitrogens with zero attached hydrogens (tertiary/aromatic N) is 1. The number of nitrogens with two attached hydrogens (primary N) is 1. The van der Waals surface area contributed by atoms with Crippen molar-refractivity contribution in [2.24, 2.45) is 0 Å². The van der Waals surface area contributed by atoms with Crippen molar-refractivity contribution in [3.8, 4) is 0 Å². The molecule has 0 aliphatic rings. The van der Waals surface area contributed by atoms with Gasteiger partial charge in [0.25, 0.3) is 0 Å². The average Bonchev–Trinajstić information content (AvgIpc) is 2.14. The number of nitrogens with one attached hydrogen (secondary N) is 1. The van der Waals surface area contributed by atoms with Gasteiger partial charge >= 0.3 is 5.97 Å². The van der Waals surface area contributed by atoms with Gasteiger partial charge in [0.1, 0.15) is 5.02 Å². The first-order valence-electron chi connectivity index (χ1n) is 2.35. The minimum Gasteiger partial charge on any atom is -0.476 e. The lowest BCUT2D eigenvalue weighted by molar-refractivity contribution is 0.0690. The lowest BCUT2D eigenvalue weighted by Crippen LogP contribution is -1.96. The number of carbonyl (C=O) groups is 1. The molecule has 7 heteroatoms. The number of anilines is 1. The number of aromatic carboxylic acids is 1. The number of carboxylic acid groups (broad SMARTS) is 1. The van der Waals surface area contributed by atoms with E-state index in [1.807, 2.05) is 0 Å². The molecule has 0 spiro atoms. The molecule has 62 valence electrons. The van der Waals surface area contributed by atoms with Crippen LogP contribution in [-0.2, 0) is 0 Å². The van der Waals surface area contributed by atoms with Crippen LogP contribution < -0.4 is 5.73 Å². The molecule has 1 rings (SSSR count). The van der Waals surface area contributed by atoms with Crippen molar-refractivity contribution in [2.75, 3.05) is 5.73 Å². The van der Waals surface area contributed by atoms with Crippen molar-refractivity contribution in [3.05, 3.63) is 10.7 Å². The van der Waals surface area contributed by atoms with Crippen LogP contribution in [-0.4, -0.2) is 21.3 Å². The van der Waals surface area contributed by atoms with Crippen LogP contribution in [0.1, 0.15) is 10.5 Å². The summed E-state index contributed by atoms with van der Waals surface area (Å²) in [6.45, 7) is 0. The van der Waals surface area contributed by atoms with Crippen molar-refractivity contribution < 1.29 is 9.90 Å². The highest BCUT2D eigenvalue weighted by Gasteiger charge is 2.13. The van der Waals surface area contributed by atoms with Gasteiger partial charge in [-0.25, -0.2) is 4.79 Å². The molecule has 0 radical (unpaired) electrons. The zero-order chi connectivity index (χ0) is 7.72. The van der Waals surface area contributed by atoms with Crippen LogP contribution in [0.5, 0.6) is 0 Å². The Bertz CT molecular complexity index is 272. The maximum atomic E-state index is 10.2. The maximum absolute atomic E-state index is 10.2. The van der Waals surface area contributed by atoms with Gasteiger partial charge < -0.3 is 10.8 Å². The standard InChI is InChI=1S/C4H4ClN3O2.ClH/c5-1-2(4(9)10)7-8-3(1)6;/h(H,9,10)(H3,6,7,8);1H. The third-order valence-electron chi connectivity index (χ3n) is 0.946. The Morgan fingerprint density at radius 3 is 2.45 bits per heavy atom. The molecule has 0 atom stereocenters. The minimum atomic E-state index is -1.17. The Morgan fingerprint density at radius 1 is 1.73 bits per heavy atom. The Labute approximate surface area is 72.9 Å². The van der Waals surface area contributed by atoms with Gasteiger partial charge in [0.05, 0.1) is 0 Å². The van der Waals surface area contributed by atoms with Gasteiger partial charge in [0.2, 0.25) is 0 Å². The molecule has 0 saturated heterocycles. The smallest absolute Gasteiger partial charge is 0.355 e. The summed E-state index contributed by atoms with van der Waals surface area (Å²) in [6, 6.07) is 0. The summed E-state index contributed by atoms with van der Waals surface area (Å²) < 4.78 is 0. The summed E-state index contributed by atoms with van der Waals surface area (Å²) in [4.78, 5) is 10.2. The van der Waals surface area contributed by atoms with Crippen LogP contribution in [0.4, 0.5) is 5.82 Å². The van der Waals surface area contributed by atoms with E-state index in [-0.39, 0.29) is 28.9 Å². The third kappa shape index (κ3) is 1.75. The van der Waals surface area contributed by atoms with Gasteiger partial charge in [-0.1, -0.05) is 11.6 Å². The molecule has 0 aliphatic heterocycles. The molecule has 0 unspecified atom stereocenters. The molecular weight excluding hydrogens is 193 g/mol. The van der Waals surface area contributed by atoms with E-state index in [1.165, 1.54) is 0 Å². The quantitative estimate of drug-likeness (QED) is 0.621. The van der Waals surface area contributed by atoms with E-state index < -0.39 is 5.97 Å². The van der Waals surface area contributed by atoms with E-state index in [9.17, 15) is 4.79 Å². The first-order valence-corrected chi connectivity index (χ1v) is 2.73. The zero-order valence-electron chi connectivity index (χ0n) is 5.17. The fourth-order valence-electron chi connectivity index (χ4n) is 0.484. The first kappa shape index (κ1) is 10.1. The van der Waals surface area contributed by atoms with Crippen LogP contribution in [0.3, 0.4) is 0 Å². The largest absolute Gasteiger partial charge is 0.476 e. The molecule has 1 heterocycles. The molecule has 0 bridgehead atoms. The number of aromatic nitrogens is 2. The van der Waals surface area contributed by atoms with Gasteiger partial charge in [0.15, 0.2) is 11.5 Å². The van der Waals surface area contributed by atoms with E-state index in [4.69, 9.17) is 22.4 Å². The molecule has 0 aromatic carbocycles. The van der Waals surface area contributed by atoms with Gasteiger partial charge in [-0.05, 0) is 0 Å². The lowest BCUT2D eigenvalue weighted by Gasteiger charge is -1.85. The fraction of sp³-hybridized carbons (Fsp3) is 0. The molecular formula is C4H5Cl2N3O2. The number of aromatic amines is 1. The molecule has 5 nitrogen and oxygen atoms in total. The first-order chi connectivity index (χ1) is 4.63. The van der Waals surface area contributed by atoms with E-state index in [0.29, 0.717) is 0 Å². The summed E-state index contributed by atoms with van der Waals surface area (Å²) in [6.07, 6.45) is 0. The second-order valence-corrected chi connectivity index (χ2v) is 1.98. The molecule has 4 N–H and O–H groups in total. The molecule has 11 heavy (non-hydrogen) atoms. The summed E-state index contributed by atoms with van der Waals surface area (Å²) in [5.74, 6) is -1.17.